The fraction of sp³-hybridized carbons (Fsp3) is 0.300. The lowest BCUT2D eigenvalue weighted by atomic mass is 9.83. The molecule has 4 nitrogen and oxygen atoms in total. The number of para-hydroxylation sites is 1. The van der Waals surface area contributed by atoms with Crippen LogP contribution in [0.2, 0.25) is 10.0 Å². The summed E-state index contributed by atoms with van der Waals surface area (Å²) in [4.78, 5) is 28.1. The molecule has 0 bridgehead atoms. The molecule has 2 aliphatic rings. The van der Waals surface area contributed by atoms with E-state index in [0.717, 1.165) is 29.8 Å². The topological polar surface area (TPSA) is 40.6 Å². The van der Waals surface area contributed by atoms with Gasteiger partial charge in [-0.3, -0.25) is 14.5 Å². The van der Waals surface area contributed by atoms with E-state index >= 15 is 0 Å². The Morgan fingerprint density at radius 3 is 2.37 bits per heavy atom. The Morgan fingerprint density at radius 2 is 1.67 bits per heavy atom. The molecule has 27 heavy (non-hydrogen) atoms. The smallest absolute Gasteiger partial charge is 0.234 e. The number of nitrogens with zero attached hydrogens (tertiary/aromatic N) is 2. The van der Waals surface area contributed by atoms with E-state index in [0.29, 0.717) is 15.7 Å². The second-order valence-corrected chi connectivity index (χ2v) is 7.73. The van der Waals surface area contributed by atoms with Crippen molar-refractivity contribution in [2.75, 3.05) is 18.5 Å². The molecule has 1 unspecified atom stereocenters. The zero-order valence-electron chi connectivity index (χ0n) is 14.7. The number of carbonyl (C=O) groups is 2. The van der Waals surface area contributed by atoms with E-state index in [4.69, 9.17) is 23.2 Å². The third kappa shape index (κ3) is 3.59. The summed E-state index contributed by atoms with van der Waals surface area (Å²) in [5, 5.41) is 1.24. The third-order valence-corrected chi connectivity index (χ3v) is 5.65. The predicted octanol–water partition coefficient (Wildman–Crippen LogP) is 4.65. The van der Waals surface area contributed by atoms with E-state index in [2.05, 4.69) is 4.90 Å². The summed E-state index contributed by atoms with van der Waals surface area (Å²) in [5.74, 6) is -0.302. The van der Waals surface area contributed by atoms with Crippen molar-refractivity contribution >= 4 is 53.1 Å². The van der Waals surface area contributed by atoms with Crippen LogP contribution in [0.1, 0.15) is 35.4 Å². The van der Waals surface area contributed by atoms with Crippen LogP contribution in [0.5, 0.6) is 0 Å². The average molecular weight is 426 g/mol. The quantitative estimate of drug-likeness (QED) is 0.658. The van der Waals surface area contributed by atoms with Gasteiger partial charge in [0.05, 0.1) is 5.69 Å². The number of hydrogen-bond acceptors (Lipinski definition) is 3. The molecule has 0 saturated carbocycles. The largest absolute Gasteiger partial charge is 0.301 e. The Hall–Kier alpha value is -1.59. The van der Waals surface area contributed by atoms with Crippen molar-refractivity contribution in [2.24, 2.45) is 0 Å². The fourth-order valence-electron chi connectivity index (χ4n) is 3.94. The Morgan fingerprint density at radius 1 is 1.00 bits per heavy atom. The Kier molecular flexibility index (Phi) is 5.82. The van der Waals surface area contributed by atoms with Gasteiger partial charge in [-0.25, -0.2) is 0 Å². The maximum absolute atomic E-state index is 12.3. The molecular weight excluding hydrogens is 407 g/mol. The molecule has 0 aliphatic carbocycles. The number of fused-ring (bicyclic) bond motifs is 1. The molecule has 0 radical (unpaired) electrons. The van der Waals surface area contributed by atoms with Gasteiger partial charge in [-0.2, -0.15) is 0 Å². The summed E-state index contributed by atoms with van der Waals surface area (Å²) in [6.07, 6.45) is 0.540. The first-order chi connectivity index (χ1) is 12.5. The van der Waals surface area contributed by atoms with Crippen molar-refractivity contribution in [2.45, 2.75) is 25.3 Å². The fourth-order valence-corrected chi connectivity index (χ4v) is 4.51. The highest BCUT2D eigenvalue weighted by molar-refractivity contribution is 6.35. The molecule has 2 aromatic carbocycles. The van der Waals surface area contributed by atoms with Crippen LogP contribution in [0.15, 0.2) is 36.4 Å². The van der Waals surface area contributed by atoms with Crippen LogP contribution >= 0.6 is 35.6 Å². The van der Waals surface area contributed by atoms with Crippen molar-refractivity contribution in [1.82, 2.24) is 4.90 Å². The van der Waals surface area contributed by atoms with Gasteiger partial charge in [-0.1, -0.05) is 41.4 Å². The Labute approximate surface area is 174 Å². The van der Waals surface area contributed by atoms with Crippen LogP contribution in [0.4, 0.5) is 5.69 Å². The van der Waals surface area contributed by atoms with Crippen LogP contribution in [-0.4, -0.2) is 30.3 Å². The maximum Gasteiger partial charge on any atom is 0.234 e. The number of halogens is 3. The van der Waals surface area contributed by atoms with Gasteiger partial charge in [-0.05, 0) is 41.9 Å². The van der Waals surface area contributed by atoms with E-state index in [-0.39, 0.29) is 43.0 Å². The average Bonchev–Trinajstić information content (AvgIpc) is 2.93. The monoisotopic (exact) mass is 424 g/mol. The first-order valence-corrected chi connectivity index (χ1v) is 9.32. The first-order valence-electron chi connectivity index (χ1n) is 8.57. The highest BCUT2D eigenvalue weighted by atomic mass is 35.5. The van der Waals surface area contributed by atoms with Gasteiger partial charge >= 0.3 is 0 Å². The third-order valence-electron chi connectivity index (χ3n) is 5.10. The number of likely N-dealkylation sites (N-methyl/N-ethyl adjacent to an activating group) is 1. The van der Waals surface area contributed by atoms with Crippen LogP contribution in [-0.2, 0) is 16.1 Å². The van der Waals surface area contributed by atoms with Crippen molar-refractivity contribution < 1.29 is 9.59 Å². The van der Waals surface area contributed by atoms with Gasteiger partial charge < -0.3 is 4.90 Å². The minimum atomic E-state index is -0.143. The molecule has 0 aromatic heterocycles. The number of benzene rings is 2. The summed E-state index contributed by atoms with van der Waals surface area (Å²) in [5.41, 5.74) is 3.72. The summed E-state index contributed by atoms with van der Waals surface area (Å²) in [7, 11) is 2.04. The van der Waals surface area contributed by atoms with Gasteiger partial charge in [-0.15, -0.1) is 12.4 Å². The van der Waals surface area contributed by atoms with Crippen molar-refractivity contribution in [3.63, 3.8) is 0 Å². The molecule has 2 aliphatic heterocycles. The number of rotatable bonds is 2. The molecule has 1 saturated heterocycles. The highest BCUT2D eigenvalue weighted by Crippen LogP contribution is 2.42. The Bertz CT molecular complexity index is 900. The molecule has 2 aromatic rings. The minimum absolute atomic E-state index is 0. The molecule has 2 amide bonds. The van der Waals surface area contributed by atoms with Crippen LogP contribution in [0, 0.1) is 0 Å². The van der Waals surface area contributed by atoms with Crippen LogP contribution < -0.4 is 4.90 Å². The van der Waals surface area contributed by atoms with Crippen LogP contribution in [0.3, 0.4) is 0 Å². The van der Waals surface area contributed by atoms with E-state index in [1.165, 1.54) is 4.90 Å². The number of imide groups is 1. The van der Waals surface area contributed by atoms with Gasteiger partial charge in [0.2, 0.25) is 11.8 Å². The second kappa shape index (κ2) is 7.80. The molecule has 4 rings (SSSR count). The zero-order valence-corrected chi connectivity index (χ0v) is 17.1. The lowest BCUT2D eigenvalue weighted by molar-refractivity contribution is -0.121. The van der Waals surface area contributed by atoms with E-state index in [9.17, 15) is 9.59 Å². The molecule has 7 heteroatoms. The van der Waals surface area contributed by atoms with Crippen molar-refractivity contribution in [3.05, 3.63) is 63.1 Å². The highest BCUT2D eigenvalue weighted by Gasteiger charge is 2.35. The standard InChI is InChI=1S/C20H18Cl2N2O2.ClH/c1-23-10-15(14-8-12(21)9-17(22)16(14)11-23)13-4-2-3-5-18(13)24-19(25)6-7-20(24)26;/h2-5,8-9,15H,6-7,10-11H2,1H3;1H. The van der Waals surface area contributed by atoms with E-state index in [1.807, 2.05) is 37.4 Å². The number of anilines is 1. The van der Waals surface area contributed by atoms with Gasteiger partial charge in [0.1, 0.15) is 0 Å². The summed E-state index contributed by atoms with van der Waals surface area (Å²) >= 11 is 12.7. The molecular formula is C20H19Cl3N2O2. The second-order valence-electron chi connectivity index (χ2n) is 6.89. The van der Waals surface area contributed by atoms with Gasteiger partial charge in [0.25, 0.3) is 0 Å². The molecule has 1 fully saturated rings. The summed E-state index contributed by atoms with van der Waals surface area (Å²) in [6.45, 7) is 1.50. The molecule has 1 atom stereocenters. The summed E-state index contributed by atoms with van der Waals surface area (Å²) < 4.78 is 0. The SMILES string of the molecule is CN1Cc2c(Cl)cc(Cl)cc2C(c2ccccc2N2C(=O)CCC2=O)C1.Cl. The normalized spacial score (nSPS) is 19.8. The Balaban J connectivity index is 0.00000210. The number of carbonyl (C=O) groups excluding carboxylic acids is 2. The summed E-state index contributed by atoms with van der Waals surface area (Å²) in [6, 6.07) is 11.3. The van der Waals surface area contributed by atoms with Gasteiger partial charge in [0.15, 0.2) is 0 Å². The van der Waals surface area contributed by atoms with Crippen molar-refractivity contribution in [3.8, 4) is 0 Å². The van der Waals surface area contributed by atoms with Gasteiger partial charge in [0, 0.05) is 41.9 Å². The zero-order chi connectivity index (χ0) is 18.4. The van der Waals surface area contributed by atoms with E-state index in [1.54, 1.807) is 6.07 Å². The lowest BCUT2D eigenvalue weighted by Gasteiger charge is -2.35. The van der Waals surface area contributed by atoms with E-state index < -0.39 is 0 Å². The minimum Gasteiger partial charge on any atom is -0.301 e. The number of amides is 2. The predicted molar refractivity (Wildman–Crippen MR) is 110 cm³/mol. The first kappa shape index (κ1) is 20.2. The lowest BCUT2D eigenvalue weighted by Crippen LogP contribution is -2.34. The molecule has 142 valence electrons. The molecule has 2 heterocycles. The molecule has 0 spiro atoms. The van der Waals surface area contributed by atoms with Crippen molar-refractivity contribution in [1.29, 1.82) is 0 Å². The maximum atomic E-state index is 12.3. The molecule has 0 N–H and O–H groups in total. The number of hydrogen-bond donors (Lipinski definition) is 0. The van der Waals surface area contributed by atoms with Crippen LogP contribution in [0.25, 0.3) is 0 Å².